The van der Waals surface area contributed by atoms with Crippen molar-refractivity contribution in [2.24, 2.45) is 7.05 Å². The van der Waals surface area contributed by atoms with Gasteiger partial charge in [-0.1, -0.05) is 48.5 Å². The maximum absolute atomic E-state index is 12.6. The Bertz CT molecular complexity index is 1170. The molecule has 0 fully saturated rings. The van der Waals surface area contributed by atoms with Crippen LogP contribution in [0.2, 0.25) is 0 Å². The van der Waals surface area contributed by atoms with Crippen molar-refractivity contribution in [2.75, 3.05) is 18.5 Å². The molecule has 0 radical (unpaired) electrons. The number of carboxylic acid groups (broad SMARTS) is 1. The smallest absolute Gasteiger partial charge is 0.411 e. The first-order valence-corrected chi connectivity index (χ1v) is 11.1. The van der Waals surface area contributed by atoms with Gasteiger partial charge in [-0.25, -0.2) is 4.79 Å². The average molecular weight is 463 g/mol. The van der Waals surface area contributed by atoms with E-state index < -0.39 is 18.0 Å². The fourth-order valence-corrected chi connectivity index (χ4v) is 4.18. The molecule has 9 heteroatoms. The number of hydrogen-bond donors (Lipinski definition) is 3. The number of unbranched alkanes of at least 4 members (excludes halogenated alkanes) is 1. The van der Waals surface area contributed by atoms with Crippen molar-refractivity contribution in [3.8, 4) is 11.1 Å². The van der Waals surface area contributed by atoms with Gasteiger partial charge in [0.25, 0.3) is 5.91 Å². The van der Waals surface area contributed by atoms with Gasteiger partial charge in [-0.05, 0) is 35.1 Å². The second-order valence-electron chi connectivity index (χ2n) is 8.12. The Morgan fingerprint density at radius 3 is 2.32 bits per heavy atom. The highest BCUT2D eigenvalue weighted by Crippen LogP contribution is 2.44. The molecule has 0 unspecified atom stereocenters. The largest absolute Gasteiger partial charge is 0.481 e. The third-order valence-electron chi connectivity index (χ3n) is 5.73. The molecule has 2 amide bonds. The summed E-state index contributed by atoms with van der Waals surface area (Å²) in [5, 5.41) is 18.1. The molecule has 1 aromatic heterocycles. The Morgan fingerprint density at radius 2 is 1.68 bits per heavy atom. The summed E-state index contributed by atoms with van der Waals surface area (Å²) in [5.74, 6) is -1.39. The molecular formula is C25H26N4O5. The molecule has 9 nitrogen and oxygen atoms in total. The van der Waals surface area contributed by atoms with E-state index in [9.17, 15) is 14.4 Å². The van der Waals surface area contributed by atoms with E-state index >= 15 is 0 Å². The zero-order valence-electron chi connectivity index (χ0n) is 18.8. The second kappa shape index (κ2) is 10.2. The molecule has 34 heavy (non-hydrogen) atoms. The lowest BCUT2D eigenvalue weighted by Crippen LogP contribution is -2.27. The van der Waals surface area contributed by atoms with Gasteiger partial charge in [0.2, 0.25) is 0 Å². The van der Waals surface area contributed by atoms with Crippen molar-refractivity contribution in [1.82, 2.24) is 15.1 Å². The topological polar surface area (TPSA) is 123 Å². The fourth-order valence-electron chi connectivity index (χ4n) is 4.18. The molecular weight excluding hydrogens is 436 g/mol. The van der Waals surface area contributed by atoms with E-state index in [0.29, 0.717) is 19.4 Å². The lowest BCUT2D eigenvalue weighted by molar-refractivity contribution is -0.137. The minimum absolute atomic E-state index is 0.0497. The Balaban J connectivity index is 1.36. The molecule has 1 aliphatic rings. The summed E-state index contributed by atoms with van der Waals surface area (Å²) >= 11 is 0. The molecule has 4 rings (SSSR count). The Morgan fingerprint density at radius 1 is 1.03 bits per heavy atom. The molecule has 0 saturated carbocycles. The molecule has 0 atom stereocenters. The molecule has 176 valence electrons. The summed E-state index contributed by atoms with van der Waals surface area (Å²) in [6.45, 7) is 0.471. The summed E-state index contributed by atoms with van der Waals surface area (Å²) in [4.78, 5) is 35.7. The highest BCUT2D eigenvalue weighted by Gasteiger charge is 2.29. The van der Waals surface area contributed by atoms with E-state index in [1.165, 1.54) is 10.9 Å². The number of aliphatic carboxylic acids is 1. The SMILES string of the molecule is Cn1cc(NC(=O)OCC2c3ccccc3-c3ccccc32)c(C(=O)NCCCCC(=O)O)n1. The highest BCUT2D eigenvalue weighted by atomic mass is 16.5. The number of anilines is 1. The summed E-state index contributed by atoms with van der Waals surface area (Å²) in [7, 11) is 1.65. The van der Waals surface area contributed by atoms with Crippen molar-refractivity contribution < 1.29 is 24.2 Å². The molecule has 0 saturated heterocycles. The van der Waals surface area contributed by atoms with E-state index in [0.717, 1.165) is 22.3 Å². The van der Waals surface area contributed by atoms with Crippen LogP contribution >= 0.6 is 0 Å². The maximum atomic E-state index is 12.6. The number of carbonyl (C=O) groups is 3. The highest BCUT2D eigenvalue weighted by molar-refractivity contribution is 6.00. The lowest BCUT2D eigenvalue weighted by atomic mass is 9.98. The van der Waals surface area contributed by atoms with Gasteiger partial charge in [-0.3, -0.25) is 19.6 Å². The quantitative estimate of drug-likeness (QED) is 0.416. The van der Waals surface area contributed by atoms with E-state index in [2.05, 4.69) is 27.9 Å². The predicted molar refractivity (Wildman–Crippen MR) is 126 cm³/mol. The van der Waals surface area contributed by atoms with Gasteiger partial charge in [0.15, 0.2) is 5.69 Å². The number of hydrogen-bond acceptors (Lipinski definition) is 5. The van der Waals surface area contributed by atoms with Crippen LogP contribution in [0.5, 0.6) is 0 Å². The Kier molecular flexibility index (Phi) is 6.91. The van der Waals surface area contributed by atoms with Gasteiger partial charge in [0, 0.05) is 32.1 Å². The van der Waals surface area contributed by atoms with Crippen molar-refractivity contribution in [1.29, 1.82) is 0 Å². The van der Waals surface area contributed by atoms with Crippen LogP contribution in [-0.2, 0) is 16.6 Å². The minimum Gasteiger partial charge on any atom is -0.481 e. The number of aromatic nitrogens is 2. The number of carboxylic acids is 1. The third-order valence-corrected chi connectivity index (χ3v) is 5.73. The number of benzene rings is 2. The molecule has 1 heterocycles. The van der Waals surface area contributed by atoms with Crippen LogP contribution in [-0.4, -0.2) is 46.0 Å². The molecule has 0 spiro atoms. The van der Waals surface area contributed by atoms with Crippen LogP contribution in [0.4, 0.5) is 10.5 Å². The number of aryl methyl sites for hydroxylation is 1. The molecule has 2 aromatic carbocycles. The predicted octanol–water partition coefficient (Wildman–Crippen LogP) is 3.77. The number of rotatable bonds is 9. The Hall–Kier alpha value is -4.14. The van der Waals surface area contributed by atoms with Crippen LogP contribution in [0.25, 0.3) is 11.1 Å². The van der Waals surface area contributed by atoms with Gasteiger partial charge < -0.3 is 15.2 Å². The number of ether oxygens (including phenoxy) is 1. The van der Waals surface area contributed by atoms with Crippen LogP contribution in [0.15, 0.2) is 54.7 Å². The molecule has 0 bridgehead atoms. The molecule has 3 aromatic rings. The van der Waals surface area contributed by atoms with Gasteiger partial charge in [-0.2, -0.15) is 5.10 Å². The average Bonchev–Trinajstić information content (AvgIpc) is 3.34. The number of fused-ring (bicyclic) bond motifs is 3. The van der Waals surface area contributed by atoms with E-state index in [-0.39, 0.29) is 30.3 Å². The van der Waals surface area contributed by atoms with E-state index in [1.807, 2.05) is 36.4 Å². The first-order valence-electron chi connectivity index (χ1n) is 11.1. The van der Waals surface area contributed by atoms with Crippen LogP contribution in [0.3, 0.4) is 0 Å². The summed E-state index contributed by atoms with van der Waals surface area (Å²) in [5.41, 5.74) is 4.81. The third kappa shape index (κ3) is 5.09. The second-order valence-corrected chi connectivity index (χ2v) is 8.12. The fraction of sp³-hybridized carbons (Fsp3) is 0.280. The number of nitrogens with zero attached hydrogens (tertiary/aromatic N) is 2. The first kappa shape index (κ1) is 23.0. The molecule has 0 aliphatic heterocycles. The Labute approximate surface area is 196 Å². The van der Waals surface area contributed by atoms with Crippen LogP contribution < -0.4 is 10.6 Å². The number of amides is 2. The van der Waals surface area contributed by atoms with E-state index in [1.54, 1.807) is 7.05 Å². The van der Waals surface area contributed by atoms with Crippen LogP contribution in [0.1, 0.15) is 46.8 Å². The standard InChI is InChI=1S/C25H26N4O5/c1-29-14-21(23(28-29)24(32)26-13-7-6-12-22(30)31)27-25(33)34-15-20-18-10-4-2-8-16(18)17-9-3-5-11-19(17)20/h2-5,8-11,14,20H,6-7,12-13,15H2,1H3,(H,26,32)(H,27,33)(H,30,31). The summed E-state index contributed by atoms with van der Waals surface area (Å²) in [6.07, 6.45) is 1.89. The lowest BCUT2D eigenvalue weighted by Gasteiger charge is -2.14. The summed E-state index contributed by atoms with van der Waals surface area (Å²) < 4.78 is 6.98. The van der Waals surface area contributed by atoms with Gasteiger partial charge in [-0.15, -0.1) is 0 Å². The normalized spacial score (nSPS) is 12.0. The van der Waals surface area contributed by atoms with Crippen molar-refractivity contribution in [2.45, 2.75) is 25.2 Å². The first-order chi connectivity index (χ1) is 16.4. The van der Waals surface area contributed by atoms with Crippen LogP contribution in [0, 0.1) is 0 Å². The van der Waals surface area contributed by atoms with Crippen molar-refractivity contribution in [3.63, 3.8) is 0 Å². The van der Waals surface area contributed by atoms with Gasteiger partial charge in [0.1, 0.15) is 6.61 Å². The zero-order chi connectivity index (χ0) is 24.1. The number of nitrogens with one attached hydrogen (secondary N) is 2. The van der Waals surface area contributed by atoms with E-state index in [4.69, 9.17) is 9.84 Å². The minimum atomic E-state index is -0.870. The van der Waals surface area contributed by atoms with Gasteiger partial charge in [0.05, 0.1) is 5.69 Å². The van der Waals surface area contributed by atoms with Gasteiger partial charge >= 0.3 is 12.1 Å². The van der Waals surface area contributed by atoms with Crippen molar-refractivity contribution in [3.05, 3.63) is 71.5 Å². The zero-order valence-corrected chi connectivity index (χ0v) is 18.8. The number of carbonyl (C=O) groups excluding carboxylic acids is 2. The summed E-state index contributed by atoms with van der Waals surface area (Å²) in [6, 6.07) is 16.1. The molecule has 1 aliphatic carbocycles. The maximum Gasteiger partial charge on any atom is 0.411 e. The monoisotopic (exact) mass is 462 g/mol. The van der Waals surface area contributed by atoms with Crippen molar-refractivity contribution >= 4 is 23.7 Å². The molecule has 3 N–H and O–H groups in total.